The van der Waals surface area contributed by atoms with Gasteiger partial charge in [0.2, 0.25) is 5.91 Å². The number of ether oxygens (including phenoxy) is 2. The number of aliphatic hydroxyl groups is 1. The van der Waals surface area contributed by atoms with Crippen molar-refractivity contribution in [1.29, 1.82) is 0 Å². The molecule has 6 nitrogen and oxygen atoms in total. The van der Waals surface area contributed by atoms with Crippen LogP contribution < -0.4 is 5.32 Å². The molecule has 1 fully saturated rings. The van der Waals surface area contributed by atoms with E-state index in [0.717, 1.165) is 28.8 Å². The third kappa shape index (κ3) is 6.84. The van der Waals surface area contributed by atoms with Crippen LogP contribution in [-0.2, 0) is 27.4 Å². The van der Waals surface area contributed by atoms with Crippen LogP contribution in [0.3, 0.4) is 0 Å². The first-order chi connectivity index (χ1) is 17.9. The summed E-state index contributed by atoms with van der Waals surface area (Å²) < 4.78 is 13.2. The number of nitrogens with zero attached hydrogens (tertiary/aromatic N) is 1. The summed E-state index contributed by atoms with van der Waals surface area (Å²) in [6, 6.07) is 26.8. The highest BCUT2D eigenvalue weighted by Gasteiger charge is 2.39. The van der Waals surface area contributed by atoms with E-state index in [1.54, 1.807) is 0 Å². The molecule has 0 spiro atoms. The first-order valence-electron chi connectivity index (χ1n) is 12.9. The second-order valence-electron chi connectivity index (χ2n) is 10.00. The SMILES string of the molecule is CC(=O)NCc1ccc([C@@H]2O[C@H](CN(C)[C@@H](C)c3ccccc3)[C@H](C)[C@H](c3ccc(CO)cc3)O2)cc1. The van der Waals surface area contributed by atoms with E-state index in [-0.39, 0.29) is 36.7 Å². The zero-order valence-corrected chi connectivity index (χ0v) is 22.1. The number of nitrogens with one attached hydrogen (secondary N) is 1. The van der Waals surface area contributed by atoms with Crippen LogP contribution in [-0.4, -0.2) is 35.6 Å². The topological polar surface area (TPSA) is 71.0 Å². The number of rotatable bonds is 9. The Morgan fingerprint density at radius 3 is 2.19 bits per heavy atom. The Kier molecular flexibility index (Phi) is 9.11. The molecule has 0 aliphatic carbocycles. The monoisotopic (exact) mass is 502 g/mol. The van der Waals surface area contributed by atoms with E-state index in [4.69, 9.17) is 9.47 Å². The molecule has 0 saturated carbocycles. The Labute approximate surface area is 220 Å². The summed E-state index contributed by atoms with van der Waals surface area (Å²) in [5.74, 6) is 0.0597. The molecule has 0 aromatic heterocycles. The fourth-order valence-corrected chi connectivity index (χ4v) is 4.78. The highest BCUT2D eigenvalue weighted by atomic mass is 16.7. The Bertz CT molecular complexity index is 1130. The molecule has 6 heteroatoms. The fraction of sp³-hybridized carbons (Fsp3) is 0.387. The van der Waals surface area contributed by atoms with Gasteiger partial charge in [0.1, 0.15) is 0 Å². The van der Waals surface area contributed by atoms with Crippen LogP contribution in [0.5, 0.6) is 0 Å². The van der Waals surface area contributed by atoms with E-state index in [2.05, 4.69) is 55.4 Å². The summed E-state index contributed by atoms with van der Waals surface area (Å²) in [7, 11) is 2.14. The van der Waals surface area contributed by atoms with E-state index in [1.807, 2.05) is 54.6 Å². The quantitative estimate of drug-likeness (QED) is 0.416. The zero-order chi connectivity index (χ0) is 26.4. The fourth-order valence-electron chi connectivity index (χ4n) is 4.78. The second kappa shape index (κ2) is 12.5. The predicted octanol–water partition coefficient (Wildman–Crippen LogP) is 5.30. The standard InChI is InChI=1S/C31H38N2O4/c1-21-29(19-33(4)22(2)26-8-6-5-7-9-26)36-31(28-16-10-24(11-17-28)18-32-23(3)35)37-30(21)27-14-12-25(20-34)13-15-27/h5-17,21-22,29-31,34H,18-20H2,1-4H3,(H,32,35)/t21-,22-,29+,30+,31+/m0/s1. The molecule has 1 saturated heterocycles. The molecule has 0 radical (unpaired) electrons. The van der Waals surface area contributed by atoms with Crippen molar-refractivity contribution in [3.8, 4) is 0 Å². The van der Waals surface area contributed by atoms with Crippen molar-refractivity contribution < 1.29 is 19.4 Å². The van der Waals surface area contributed by atoms with Crippen LogP contribution in [0.15, 0.2) is 78.9 Å². The molecule has 37 heavy (non-hydrogen) atoms. The molecule has 0 bridgehead atoms. The third-order valence-corrected chi connectivity index (χ3v) is 7.33. The smallest absolute Gasteiger partial charge is 0.217 e. The lowest BCUT2D eigenvalue weighted by atomic mass is 9.89. The maximum absolute atomic E-state index is 11.3. The summed E-state index contributed by atoms with van der Waals surface area (Å²) in [6.45, 7) is 7.18. The van der Waals surface area contributed by atoms with Gasteiger partial charge in [-0.2, -0.15) is 0 Å². The Morgan fingerprint density at radius 1 is 0.946 bits per heavy atom. The van der Waals surface area contributed by atoms with E-state index in [1.165, 1.54) is 12.5 Å². The molecule has 3 aromatic rings. The normalized spacial score (nSPS) is 22.5. The van der Waals surface area contributed by atoms with Gasteiger partial charge in [0, 0.05) is 37.5 Å². The molecule has 2 N–H and O–H groups in total. The lowest BCUT2D eigenvalue weighted by Crippen LogP contribution is -2.44. The third-order valence-electron chi connectivity index (χ3n) is 7.33. The van der Waals surface area contributed by atoms with Gasteiger partial charge in [0.05, 0.1) is 18.8 Å². The highest BCUT2D eigenvalue weighted by molar-refractivity contribution is 5.72. The van der Waals surface area contributed by atoms with Gasteiger partial charge < -0.3 is 19.9 Å². The van der Waals surface area contributed by atoms with E-state index >= 15 is 0 Å². The van der Waals surface area contributed by atoms with Crippen molar-refractivity contribution in [1.82, 2.24) is 10.2 Å². The number of carbonyl (C=O) groups is 1. The Morgan fingerprint density at radius 2 is 1.57 bits per heavy atom. The van der Waals surface area contributed by atoms with Crippen LogP contribution >= 0.6 is 0 Å². The Hall–Kier alpha value is -3.03. The second-order valence-corrected chi connectivity index (χ2v) is 10.00. The molecule has 5 atom stereocenters. The lowest BCUT2D eigenvalue weighted by molar-refractivity contribution is -0.276. The maximum Gasteiger partial charge on any atom is 0.217 e. The number of carbonyl (C=O) groups excluding carboxylic acids is 1. The van der Waals surface area contributed by atoms with E-state index < -0.39 is 6.29 Å². The lowest BCUT2D eigenvalue weighted by Gasteiger charge is -2.43. The molecule has 1 amide bonds. The minimum Gasteiger partial charge on any atom is -0.392 e. The first kappa shape index (κ1) is 27.0. The van der Waals surface area contributed by atoms with Crippen LogP contribution in [0.2, 0.25) is 0 Å². The molecule has 4 rings (SSSR count). The predicted molar refractivity (Wildman–Crippen MR) is 144 cm³/mol. The summed E-state index contributed by atoms with van der Waals surface area (Å²) in [4.78, 5) is 13.6. The van der Waals surface area contributed by atoms with Crippen LogP contribution in [0.25, 0.3) is 0 Å². The molecule has 3 aromatic carbocycles. The van der Waals surface area contributed by atoms with Crippen LogP contribution in [0, 0.1) is 5.92 Å². The van der Waals surface area contributed by atoms with E-state index in [0.29, 0.717) is 6.54 Å². The van der Waals surface area contributed by atoms with Crippen molar-refractivity contribution in [3.63, 3.8) is 0 Å². The number of aliphatic hydroxyl groups excluding tert-OH is 1. The van der Waals surface area contributed by atoms with Gasteiger partial charge >= 0.3 is 0 Å². The summed E-state index contributed by atoms with van der Waals surface area (Å²) in [5, 5.41) is 12.3. The average molecular weight is 503 g/mol. The summed E-state index contributed by atoms with van der Waals surface area (Å²) >= 11 is 0. The Balaban J connectivity index is 1.56. The number of amides is 1. The van der Waals surface area contributed by atoms with Gasteiger partial charge in [-0.15, -0.1) is 0 Å². The van der Waals surface area contributed by atoms with Crippen molar-refractivity contribution in [2.45, 2.75) is 58.5 Å². The number of hydrogen-bond acceptors (Lipinski definition) is 5. The molecular weight excluding hydrogens is 464 g/mol. The molecular formula is C31H38N2O4. The summed E-state index contributed by atoms with van der Waals surface area (Å²) in [6.07, 6.45) is -0.730. The molecule has 0 unspecified atom stereocenters. The van der Waals surface area contributed by atoms with Crippen molar-refractivity contribution in [3.05, 3.63) is 107 Å². The van der Waals surface area contributed by atoms with Crippen molar-refractivity contribution in [2.24, 2.45) is 5.92 Å². The van der Waals surface area contributed by atoms with E-state index in [9.17, 15) is 9.90 Å². The molecule has 1 heterocycles. The van der Waals surface area contributed by atoms with Gasteiger partial charge in [-0.05, 0) is 36.2 Å². The largest absolute Gasteiger partial charge is 0.392 e. The minimum absolute atomic E-state index is 0.0166. The van der Waals surface area contributed by atoms with Gasteiger partial charge in [-0.25, -0.2) is 0 Å². The number of likely N-dealkylation sites (N-methyl/N-ethyl adjacent to an activating group) is 1. The van der Waals surface area contributed by atoms with Gasteiger partial charge in [0.25, 0.3) is 0 Å². The van der Waals surface area contributed by atoms with Gasteiger partial charge in [0.15, 0.2) is 6.29 Å². The van der Waals surface area contributed by atoms with Gasteiger partial charge in [-0.3, -0.25) is 9.69 Å². The zero-order valence-electron chi connectivity index (χ0n) is 22.1. The highest BCUT2D eigenvalue weighted by Crippen LogP contribution is 2.42. The maximum atomic E-state index is 11.3. The number of benzene rings is 3. The minimum atomic E-state index is -0.515. The van der Waals surface area contributed by atoms with Crippen molar-refractivity contribution >= 4 is 5.91 Å². The van der Waals surface area contributed by atoms with Crippen LogP contribution in [0.4, 0.5) is 0 Å². The first-order valence-corrected chi connectivity index (χ1v) is 12.9. The van der Waals surface area contributed by atoms with Gasteiger partial charge in [-0.1, -0.05) is 85.8 Å². The van der Waals surface area contributed by atoms with Crippen LogP contribution in [0.1, 0.15) is 67.0 Å². The molecule has 1 aliphatic rings. The van der Waals surface area contributed by atoms with Crippen molar-refractivity contribution in [2.75, 3.05) is 13.6 Å². The average Bonchev–Trinajstić information content (AvgIpc) is 2.93. The summed E-state index contributed by atoms with van der Waals surface area (Å²) in [5.41, 5.74) is 5.19. The molecule has 1 aliphatic heterocycles. The number of hydrogen-bond donors (Lipinski definition) is 2. The molecule has 196 valence electrons.